The molecule has 0 spiro atoms. The van der Waals surface area contributed by atoms with Crippen LogP contribution in [0.15, 0.2) is 88.0 Å². The van der Waals surface area contributed by atoms with Crippen molar-refractivity contribution in [2.75, 3.05) is 6.54 Å². The fourth-order valence-electron chi connectivity index (χ4n) is 3.98. The van der Waals surface area contributed by atoms with Gasteiger partial charge in [-0.05, 0) is 35.3 Å². The number of aliphatic imine (C=N–C) groups is 1. The van der Waals surface area contributed by atoms with E-state index in [1.807, 2.05) is 12.1 Å². The van der Waals surface area contributed by atoms with Crippen molar-refractivity contribution in [3.63, 3.8) is 0 Å². The maximum atomic E-state index is 5.39. The third-order valence-electron chi connectivity index (χ3n) is 5.29. The molecule has 0 amide bonds. The van der Waals surface area contributed by atoms with Gasteiger partial charge in [0.15, 0.2) is 5.96 Å². The van der Waals surface area contributed by atoms with E-state index in [-0.39, 0.29) is 0 Å². The molecule has 2 aromatic carbocycles. The predicted octanol–water partition coefficient (Wildman–Crippen LogP) is 4.28. The van der Waals surface area contributed by atoms with Crippen LogP contribution in [-0.2, 0) is 6.54 Å². The van der Waals surface area contributed by atoms with Crippen LogP contribution in [0.5, 0.6) is 0 Å². The minimum atomic E-state index is 0.385. The van der Waals surface area contributed by atoms with E-state index in [2.05, 4.69) is 65.2 Å². The zero-order valence-electron chi connectivity index (χ0n) is 15.0. The summed E-state index contributed by atoms with van der Waals surface area (Å²) in [6, 6.07) is 23.3. The summed E-state index contributed by atoms with van der Waals surface area (Å²) in [5.74, 6) is 2.08. The lowest BCUT2D eigenvalue weighted by Crippen LogP contribution is -2.40. The Morgan fingerprint density at radius 1 is 1.00 bits per heavy atom. The average Bonchev–Trinajstić information content (AvgIpc) is 3.26. The maximum absolute atomic E-state index is 5.39. The van der Waals surface area contributed by atoms with Gasteiger partial charge in [0, 0.05) is 17.2 Å². The molecule has 2 aliphatic rings. The number of hydrogen-bond acceptors (Lipinski definition) is 4. The topological polar surface area (TPSA) is 49.6 Å². The first kappa shape index (κ1) is 15.9. The first-order valence-electron chi connectivity index (χ1n) is 9.32. The lowest BCUT2D eigenvalue weighted by molar-refractivity contribution is 0.502. The standard InChI is InChI=1S/C23H21N3O/c1-2-7-16(8-3-1)21-13-17-14-24-23(25-15-18-9-6-12-27-18)26-22(17)20-11-5-4-10-19(20)21/h1-12,21H,13-15H2,(H2,24,25,26). The minimum Gasteiger partial charge on any atom is -0.467 e. The highest BCUT2D eigenvalue weighted by Gasteiger charge is 2.29. The number of furan rings is 1. The van der Waals surface area contributed by atoms with E-state index >= 15 is 0 Å². The van der Waals surface area contributed by atoms with E-state index in [1.54, 1.807) is 6.26 Å². The lowest BCUT2D eigenvalue weighted by Gasteiger charge is -2.33. The van der Waals surface area contributed by atoms with Crippen LogP contribution in [0.1, 0.15) is 34.8 Å². The average molecular weight is 355 g/mol. The van der Waals surface area contributed by atoms with Crippen molar-refractivity contribution in [2.45, 2.75) is 18.9 Å². The molecule has 1 unspecified atom stereocenters. The largest absolute Gasteiger partial charge is 0.467 e. The highest BCUT2D eigenvalue weighted by atomic mass is 16.3. The van der Waals surface area contributed by atoms with Gasteiger partial charge in [0.05, 0.1) is 19.4 Å². The minimum absolute atomic E-state index is 0.385. The zero-order chi connectivity index (χ0) is 18.1. The van der Waals surface area contributed by atoms with E-state index < -0.39 is 0 Å². The fraction of sp³-hybridized carbons (Fsp3) is 0.174. The first-order valence-corrected chi connectivity index (χ1v) is 9.32. The van der Waals surface area contributed by atoms with E-state index in [0.717, 1.165) is 24.7 Å². The van der Waals surface area contributed by atoms with Gasteiger partial charge >= 0.3 is 0 Å². The summed E-state index contributed by atoms with van der Waals surface area (Å²) in [6.45, 7) is 1.34. The Balaban J connectivity index is 1.42. The molecule has 3 aromatic rings. The van der Waals surface area contributed by atoms with Gasteiger partial charge in [-0.25, -0.2) is 4.99 Å². The number of hydrogen-bond donors (Lipinski definition) is 2. The van der Waals surface area contributed by atoms with Crippen molar-refractivity contribution >= 4 is 11.7 Å². The van der Waals surface area contributed by atoms with Crippen LogP contribution >= 0.6 is 0 Å². The Labute approximate surface area is 158 Å². The predicted molar refractivity (Wildman–Crippen MR) is 107 cm³/mol. The third-order valence-corrected chi connectivity index (χ3v) is 5.29. The number of nitrogens with one attached hydrogen (secondary N) is 2. The molecule has 1 aliphatic heterocycles. The van der Waals surface area contributed by atoms with Crippen LogP contribution in [0.3, 0.4) is 0 Å². The molecule has 1 aliphatic carbocycles. The van der Waals surface area contributed by atoms with Crippen molar-refractivity contribution in [3.05, 3.63) is 101 Å². The summed E-state index contributed by atoms with van der Waals surface area (Å²) < 4.78 is 5.39. The Morgan fingerprint density at radius 3 is 2.70 bits per heavy atom. The molecule has 134 valence electrons. The lowest BCUT2D eigenvalue weighted by atomic mass is 9.77. The molecular weight excluding hydrogens is 334 g/mol. The van der Waals surface area contributed by atoms with Gasteiger partial charge in [-0.1, -0.05) is 54.6 Å². The first-order chi connectivity index (χ1) is 13.4. The molecule has 0 bridgehead atoms. The summed E-state index contributed by atoms with van der Waals surface area (Å²) in [4.78, 5) is 4.71. The number of guanidine groups is 1. The fourth-order valence-corrected chi connectivity index (χ4v) is 3.98. The molecule has 2 heterocycles. The quantitative estimate of drug-likeness (QED) is 0.737. The summed E-state index contributed by atoms with van der Waals surface area (Å²) in [7, 11) is 0. The number of nitrogens with zero attached hydrogens (tertiary/aromatic N) is 1. The summed E-state index contributed by atoms with van der Waals surface area (Å²) in [5.41, 5.74) is 6.59. The smallest absolute Gasteiger partial charge is 0.196 e. The van der Waals surface area contributed by atoms with Gasteiger partial charge in [-0.15, -0.1) is 0 Å². The van der Waals surface area contributed by atoms with E-state index in [9.17, 15) is 0 Å². The zero-order valence-corrected chi connectivity index (χ0v) is 15.0. The summed E-state index contributed by atoms with van der Waals surface area (Å²) in [5, 5.41) is 6.86. The number of rotatable bonds is 3. The SMILES string of the molecule is c1ccc(C2CC3=C(NC(NCc4ccco4)=NC3)c3ccccc32)cc1. The van der Waals surface area contributed by atoms with Crippen molar-refractivity contribution in [1.29, 1.82) is 0 Å². The van der Waals surface area contributed by atoms with Gasteiger partial charge in [-0.3, -0.25) is 0 Å². The van der Waals surface area contributed by atoms with Crippen molar-refractivity contribution in [1.82, 2.24) is 10.6 Å². The molecule has 5 rings (SSSR count). The number of benzene rings is 2. The maximum Gasteiger partial charge on any atom is 0.196 e. The summed E-state index contributed by atoms with van der Waals surface area (Å²) >= 11 is 0. The Morgan fingerprint density at radius 2 is 1.85 bits per heavy atom. The van der Waals surface area contributed by atoms with Crippen LogP contribution in [0.25, 0.3) is 5.70 Å². The molecular formula is C23H21N3O. The van der Waals surface area contributed by atoms with Crippen LogP contribution < -0.4 is 10.6 Å². The van der Waals surface area contributed by atoms with E-state index in [0.29, 0.717) is 12.5 Å². The second-order valence-corrected chi connectivity index (χ2v) is 6.96. The van der Waals surface area contributed by atoms with E-state index in [4.69, 9.17) is 9.41 Å². The van der Waals surface area contributed by atoms with Crippen molar-refractivity contribution in [2.24, 2.45) is 4.99 Å². The van der Waals surface area contributed by atoms with Crippen molar-refractivity contribution in [3.8, 4) is 0 Å². The Bertz CT molecular complexity index is 1000. The molecule has 2 N–H and O–H groups in total. The van der Waals surface area contributed by atoms with Gasteiger partial charge < -0.3 is 15.1 Å². The molecule has 0 radical (unpaired) electrons. The Kier molecular flexibility index (Phi) is 4.02. The van der Waals surface area contributed by atoms with Gasteiger partial charge in [0.25, 0.3) is 0 Å². The summed E-state index contributed by atoms with van der Waals surface area (Å²) in [6.07, 6.45) is 2.69. The van der Waals surface area contributed by atoms with Crippen LogP contribution in [-0.4, -0.2) is 12.5 Å². The third kappa shape index (κ3) is 3.04. The molecule has 4 heteroatoms. The second kappa shape index (κ2) is 6.80. The molecule has 1 aromatic heterocycles. The molecule has 1 atom stereocenters. The molecule has 4 nitrogen and oxygen atoms in total. The highest BCUT2D eigenvalue weighted by Crippen LogP contribution is 2.41. The van der Waals surface area contributed by atoms with E-state index in [1.165, 1.54) is 28.0 Å². The molecule has 0 saturated heterocycles. The highest BCUT2D eigenvalue weighted by molar-refractivity contribution is 5.93. The van der Waals surface area contributed by atoms with Crippen LogP contribution in [0.4, 0.5) is 0 Å². The molecule has 27 heavy (non-hydrogen) atoms. The molecule has 0 saturated carbocycles. The number of fused-ring (bicyclic) bond motifs is 2. The van der Waals surface area contributed by atoms with Crippen molar-refractivity contribution < 1.29 is 4.42 Å². The monoisotopic (exact) mass is 355 g/mol. The van der Waals surface area contributed by atoms with Gasteiger partial charge in [0.1, 0.15) is 5.76 Å². The molecule has 0 fully saturated rings. The van der Waals surface area contributed by atoms with Gasteiger partial charge in [-0.2, -0.15) is 0 Å². The normalized spacial score (nSPS) is 18.2. The second-order valence-electron chi connectivity index (χ2n) is 6.96. The van der Waals surface area contributed by atoms with Crippen LogP contribution in [0, 0.1) is 0 Å². The van der Waals surface area contributed by atoms with Gasteiger partial charge in [0.2, 0.25) is 0 Å². The van der Waals surface area contributed by atoms with Crippen LogP contribution in [0.2, 0.25) is 0 Å². The Hall–Kier alpha value is -3.27.